The fourth-order valence-electron chi connectivity index (χ4n) is 2.67. The highest BCUT2D eigenvalue weighted by Gasteiger charge is 2.38. The molecule has 2 amide bonds. The maximum absolute atomic E-state index is 12.4. The molecule has 0 atom stereocenters. The fourth-order valence-corrected chi connectivity index (χ4v) is 2.67. The molecule has 2 aromatic carbocycles. The minimum Gasteiger partial charge on any atom is -0.475 e. The number of nitrogens with zero attached hydrogens (tertiary/aromatic N) is 2. The Morgan fingerprint density at radius 1 is 1.00 bits per heavy atom. The van der Waals surface area contributed by atoms with E-state index >= 15 is 0 Å². The second kappa shape index (κ2) is 11.1. The van der Waals surface area contributed by atoms with Crippen LogP contribution in [0.4, 0.5) is 18.9 Å². The molecule has 0 aliphatic carbocycles. The lowest BCUT2D eigenvalue weighted by molar-refractivity contribution is -0.192. The number of carboxylic acids is 1. The summed E-state index contributed by atoms with van der Waals surface area (Å²) in [4.78, 5) is 36.6. The van der Waals surface area contributed by atoms with Crippen molar-refractivity contribution in [3.8, 4) is 5.69 Å². The zero-order chi connectivity index (χ0) is 25.5. The highest BCUT2D eigenvalue weighted by molar-refractivity contribution is 6.04. The summed E-state index contributed by atoms with van der Waals surface area (Å²) in [5, 5.41) is 12.7. The van der Waals surface area contributed by atoms with Gasteiger partial charge in [-0.05, 0) is 55.8 Å². The van der Waals surface area contributed by atoms with Crippen LogP contribution in [-0.4, -0.2) is 38.6 Å². The quantitative estimate of drug-likeness (QED) is 0.515. The third-order valence-corrected chi connectivity index (χ3v) is 4.66. The molecule has 8 nitrogen and oxygen atoms in total. The molecular formula is C23H23F3N4O4. The van der Waals surface area contributed by atoms with Crippen molar-refractivity contribution >= 4 is 23.5 Å². The maximum Gasteiger partial charge on any atom is 0.490 e. The van der Waals surface area contributed by atoms with Gasteiger partial charge in [-0.1, -0.05) is 12.1 Å². The third kappa shape index (κ3) is 7.47. The Bertz CT molecular complexity index is 1150. The van der Waals surface area contributed by atoms with Crippen LogP contribution in [0.3, 0.4) is 0 Å². The first-order chi connectivity index (χ1) is 15.9. The number of rotatable bonds is 5. The molecule has 0 bridgehead atoms. The van der Waals surface area contributed by atoms with Crippen LogP contribution in [0.15, 0.2) is 54.9 Å². The normalized spacial score (nSPS) is 10.6. The molecule has 0 aliphatic rings. The number of carbonyl (C=O) groups excluding carboxylic acids is 2. The molecule has 11 heteroatoms. The number of aliphatic carboxylic acids is 1. The minimum atomic E-state index is -5.08. The molecule has 3 rings (SSSR count). The number of imidazole rings is 1. The van der Waals surface area contributed by atoms with Crippen molar-refractivity contribution < 1.29 is 32.7 Å². The van der Waals surface area contributed by atoms with Crippen LogP contribution < -0.4 is 10.6 Å². The second-order valence-electron chi connectivity index (χ2n) is 7.20. The van der Waals surface area contributed by atoms with Crippen LogP contribution in [-0.2, 0) is 16.1 Å². The SMILES string of the molecule is CC(=O)NCc1ccc(C(=O)Nc2ccc(-n3cnc(C)c3C)cc2)cc1.O=C(O)C(F)(F)F. The topological polar surface area (TPSA) is 113 Å². The monoisotopic (exact) mass is 476 g/mol. The van der Waals surface area contributed by atoms with Crippen molar-refractivity contribution in [1.82, 2.24) is 14.9 Å². The molecule has 0 unspecified atom stereocenters. The number of hydrogen-bond acceptors (Lipinski definition) is 4. The summed E-state index contributed by atoms with van der Waals surface area (Å²) in [6, 6.07) is 14.8. The Kier molecular flexibility index (Phi) is 8.54. The summed E-state index contributed by atoms with van der Waals surface area (Å²) in [5.41, 5.74) is 5.30. The predicted molar refractivity (Wildman–Crippen MR) is 119 cm³/mol. The summed E-state index contributed by atoms with van der Waals surface area (Å²) in [6.45, 7) is 5.92. The summed E-state index contributed by atoms with van der Waals surface area (Å²) < 4.78 is 33.7. The summed E-state index contributed by atoms with van der Waals surface area (Å²) in [5.74, 6) is -3.02. The summed E-state index contributed by atoms with van der Waals surface area (Å²) in [7, 11) is 0. The van der Waals surface area contributed by atoms with E-state index in [1.807, 2.05) is 54.8 Å². The first-order valence-corrected chi connectivity index (χ1v) is 9.94. The average Bonchev–Trinajstić information content (AvgIpc) is 3.11. The van der Waals surface area contributed by atoms with Crippen molar-refractivity contribution in [3.63, 3.8) is 0 Å². The largest absolute Gasteiger partial charge is 0.490 e. The molecule has 34 heavy (non-hydrogen) atoms. The number of carboxylic acid groups (broad SMARTS) is 1. The predicted octanol–water partition coefficient (Wildman–Crippen LogP) is 4.01. The molecule has 0 saturated carbocycles. The number of aromatic nitrogens is 2. The van der Waals surface area contributed by atoms with Crippen molar-refractivity contribution in [2.75, 3.05) is 5.32 Å². The van der Waals surface area contributed by atoms with E-state index in [4.69, 9.17) is 9.90 Å². The van der Waals surface area contributed by atoms with Gasteiger partial charge in [-0.15, -0.1) is 0 Å². The van der Waals surface area contributed by atoms with E-state index in [-0.39, 0.29) is 11.8 Å². The Balaban J connectivity index is 0.000000509. The van der Waals surface area contributed by atoms with E-state index in [9.17, 15) is 22.8 Å². The number of alkyl halides is 3. The van der Waals surface area contributed by atoms with Crippen LogP contribution in [0, 0.1) is 13.8 Å². The molecule has 1 heterocycles. The third-order valence-electron chi connectivity index (χ3n) is 4.66. The number of anilines is 1. The highest BCUT2D eigenvalue weighted by atomic mass is 19.4. The lowest BCUT2D eigenvalue weighted by atomic mass is 10.1. The number of halogens is 3. The zero-order valence-electron chi connectivity index (χ0n) is 18.6. The molecule has 3 N–H and O–H groups in total. The number of amides is 2. The zero-order valence-corrected chi connectivity index (χ0v) is 18.6. The Labute approximate surface area is 193 Å². The standard InChI is InChI=1S/C21H22N4O2.C2HF3O2/c1-14-15(2)25(13-23-14)20-10-8-19(9-11-20)24-21(27)18-6-4-17(5-7-18)12-22-16(3)26;3-2(4,5)1(6)7/h4-11,13H,12H2,1-3H3,(H,22,26)(H,24,27);(H,6,7). The molecule has 3 aromatic rings. The van der Waals surface area contributed by atoms with E-state index in [2.05, 4.69) is 15.6 Å². The lowest BCUT2D eigenvalue weighted by Gasteiger charge is -2.09. The number of nitrogens with one attached hydrogen (secondary N) is 2. The van der Waals surface area contributed by atoms with Gasteiger partial charge in [0.15, 0.2) is 0 Å². The van der Waals surface area contributed by atoms with E-state index in [0.717, 1.165) is 28.3 Å². The Hall–Kier alpha value is -4.15. The minimum absolute atomic E-state index is 0.0821. The summed E-state index contributed by atoms with van der Waals surface area (Å²) in [6.07, 6.45) is -3.29. The fraction of sp³-hybridized carbons (Fsp3) is 0.217. The molecule has 0 saturated heterocycles. The number of carbonyl (C=O) groups is 3. The van der Waals surface area contributed by atoms with Gasteiger partial charge >= 0.3 is 12.1 Å². The Morgan fingerprint density at radius 3 is 2.00 bits per heavy atom. The van der Waals surface area contributed by atoms with Gasteiger partial charge in [-0.25, -0.2) is 9.78 Å². The lowest BCUT2D eigenvalue weighted by Crippen LogP contribution is -2.21. The van der Waals surface area contributed by atoms with Gasteiger partial charge in [-0.3, -0.25) is 9.59 Å². The molecule has 0 fully saturated rings. The van der Waals surface area contributed by atoms with Gasteiger partial charge in [0.25, 0.3) is 5.91 Å². The van der Waals surface area contributed by atoms with E-state index < -0.39 is 12.1 Å². The Morgan fingerprint density at radius 2 is 1.56 bits per heavy atom. The molecule has 0 aliphatic heterocycles. The maximum atomic E-state index is 12.4. The molecule has 0 spiro atoms. The van der Waals surface area contributed by atoms with Crippen LogP contribution in [0.25, 0.3) is 5.69 Å². The first kappa shape index (κ1) is 26.1. The van der Waals surface area contributed by atoms with Crippen molar-refractivity contribution in [2.24, 2.45) is 0 Å². The van der Waals surface area contributed by atoms with Crippen molar-refractivity contribution in [1.29, 1.82) is 0 Å². The molecule has 0 radical (unpaired) electrons. The van der Waals surface area contributed by atoms with Crippen molar-refractivity contribution in [3.05, 3.63) is 77.4 Å². The molecule has 180 valence electrons. The van der Waals surface area contributed by atoms with Crippen molar-refractivity contribution in [2.45, 2.75) is 33.5 Å². The molecule has 1 aromatic heterocycles. The average molecular weight is 476 g/mol. The number of aryl methyl sites for hydroxylation is 1. The van der Waals surface area contributed by atoms with E-state index in [1.54, 1.807) is 18.5 Å². The smallest absolute Gasteiger partial charge is 0.475 e. The summed E-state index contributed by atoms with van der Waals surface area (Å²) >= 11 is 0. The van der Waals surface area contributed by atoms with E-state index in [1.165, 1.54) is 6.92 Å². The highest BCUT2D eigenvalue weighted by Crippen LogP contribution is 2.17. The van der Waals surface area contributed by atoms with Crippen LogP contribution in [0.2, 0.25) is 0 Å². The number of hydrogen-bond donors (Lipinski definition) is 3. The first-order valence-electron chi connectivity index (χ1n) is 9.94. The van der Waals surface area contributed by atoms with Gasteiger partial charge in [0.1, 0.15) is 0 Å². The number of benzene rings is 2. The van der Waals surface area contributed by atoms with Gasteiger partial charge in [-0.2, -0.15) is 13.2 Å². The van der Waals surface area contributed by atoms with Gasteiger partial charge in [0.2, 0.25) is 5.91 Å². The molecular weight excluding hydrogens is 453 g/mol. The van der Waals surface area contributed by atoms with Gasteiger partial charge < -0.3 is 20.3 Å². The van der Waals surface area contributed by atoms with E-state index in [0.29, 0.717) is 12.1 Å². The van der Waals surface area contributed by atoms with Crippen LogP contribution >= 0.6 is 0 Å². The van der Waals surface area contributed by atoms with Crippen LogP contribution in [0.5, 0.6) is 0 Å². The van der Waals surface area contributed by atoms with Gasteiger partial charge in [0, 0.05) is 36.1 Å². The van der Waals surface area contributed by atoms with Crippen LogP contribution in [0.1, 0.15) is 34.2 Å². The second-order valence-corrected chi connectivity index (χ2v) is 7.20. The van der Waals surface area contributed by atoms with Gasteiger partial charge in [0.05, 0.1) is 12.0 Å².